The summed E-state index contributed by atoms with van der Waals surface area (Å²) in [7, 11) is 0. The minimum Gasteiger partial charge on any atom is -0.463 e. The maximum absolute atomic E-state index is 13.9. The number of nitrogens with one attached hydrogen (secondary N) is 1. The predicted octanol–water partition coefficient (Wildman–Crippen LogP) is 4.48. The molecule has 178 valence electrons. The van der Waals surface area contributed by atoms with Crippen molar-refractivity contribution in [3.05, 3.63) is 120 Å². The van der Waals surface area contributed by atoms with Gasteiger partial charge in [0.15, 0.2) is 4.80 Å². The van der Waals surface area contributed by atoms with E-state index >= 15 is 0 Å². The monoisotopic (exact) mass is 511 g/mol. The smallest absolute Gasteiger partial charge is 0.338 e. The summed E-state index contributed by atoms with van der Waals surface area (Å²) in [5.74, 6) is -0.468. The van der Waals surface area contributed by atoms with Gasteiger partial charge in [-0.1, -0.05) is 65.9 Å². The van der Waals surface area contributed by atoms with Crippen LogP contribution in [0.5, 0.6) is 0 Å². The maximum atomic E-state index is 13.9. The SMILES string of the molecule is CCOC(=O)C1=C(c2ccccc2)N=c2s/c(=C\c3c[nH]c4ccccc34)c(=O)n2[C@H]1c1cccs1. The number of aromatic nitrogens is 2. The summed E-state index contributed by atoms with van der Waals surface area (Å²) in [6, 6.07) is 20.8. The Morgan fingerprint density at radius 1 is 1.11 bits per heavy atom. The molecule has 6 rings (SSSR count). The molecular weight excluding hydrogens is 490 g/mol. The number of rotatable bonds is 5. The van der Waals surface area contributed by atoms with Crippen molar-refractivity contribution in [2.45, 2.75) is 13.0 Å². The Morgan fingerprint density at radius 2 is 1.92 bits per heavy atom. The van der Waals surface area contributed by atoms with E-state index in [2.05, 4.69) is 4.98 Å². The molecule has 1 aliphatic heterocycles. The Morgan fingerprint density at radius 3 is 2.69 bits per heavy atom. The lowest BCUT2D eigenvalue weighted by Crippen LogP contribution is -2.39. The van der Waals surface area contributed by atoms with Gasteiger partial charge in [-0.2, -0.15) is 0 Å². The van der Waals surface area contributed by atoms with Crippen LogP contribution in [-0.2, 0) is 9.53 Å². The maximum Gasteiger partial charge on any atom is 0.338 e. The van der Waals surface area contributed by atoms with E-state index in [1.165, 1.54) is 22.7 Å². The number of hydrogen-bond donors (Lipinski definition) is 1. The van der Waals surface area contributed by atoms with Crippen molar-refractivity contribution in [1.82, 2.24) is 9.55 Å². The third-order valence-corrected chi connectivity index (χ3v) is 8.00. The molecule has 1 atom stereocenters. The van der Waals surface area contributed by atoms with Crippen LogP contribution < -0.4 is 14.9 Å². The normalized spacial score (nSPS) is 15.7. The molecule has 0 radical (unpaired) electrons. The molecule has 2 aromatic carbocycles. The number of esters is 1. The Labute approximate surface area is 214 Å². The molecule has 1 aliphatic rings. The summed E-state index contributed by atoms with van der Waals surface area (Å²) in [5.41, 5.74) is 3.46. The molecule has 4 heterocycles. The number of carbonyl (C=O) groups excluding carboxylic acids is 1. The second kappa shape index (κ2) is 9.22. The van der Waals surface area contributed by atoms with E-state index in [0.717, 1.165) is 26.9 Å². The first-order valence-electron chi connectivity index (χ1n) is 11.5. The van der Waals surface area contributed by atoms with Gasteiger partial charge in [0.05, 0.1) is 22.4 Å². The average Bonchev–Trinajstić information content (AvgIpc) is 3.64. The van der Waals surface area contributed by atoms with Gasteiger partial charge < -0.3 is 9.72 Å². The lowest BCUT2D eigenvalue weighted by atomic mass is 9.97. The largest absolute Gasteiger partial charge is 0.463 e. The molecule has 0 saturated heterocycles. The van der Waals surface area contributed by atoms with Crippen LogP contribution in [-0.4, -0.2) is 22.1 Å². The van der Waals surface area contributed by atoms with Gasteiger partial charge >= 0.3 is 5.97 Å². The molecule has 6 nitrogen and oxygen atoms in total. The number of benzene rings is 2. The molecule has 0 spiro atoms. The van der Waals surface area contributed by atoms with Gasteiger partial charge in [-0.25, -0.2) is 9.79 Å². The van der Waals surface area contributed by atoms with Gasteiger partial charge in [-0.15, -0.1) is 11.3 Å². The van der Waals surface area contributed by atoms with Crippen LogP contribution in [0.25, 0.3) is 22.7 Å². The quantitative estimate of drug-likeness (QED) is 0.354. The van der Waals surface area contributed by atoms with Crippen LogP contribution in [0.4, 0.5) is 0 Å². The first kappa shape index (κ1) is 22.5. The van der Waals surface area contributed by atoms with Gasteiger partial charge in [0, 0.05) is 33.1 Å². The topological polar surface area (TPSA) is 76.4 Å². The first-order valence-corrected chi connectivity index (χ1v) is 13.2. The molecule has 1 N–H and O–H groups in total. The van der Waals surface area contributed by atoms with E-state index in [9.17, 15) is 9.59 Å². The number of aromatic amines is 1. The summed E-state index contributed by atoms with van der Waals surface area (Å²) in [4.78, 5) is 36.8. The highest BCUT2D eigenvalue weighted by Gasteiger charge is 2.35. The fourth-order valence-electron chi connectivity index (χ4n) is 4.51. The van der Waals surface area contributed by atoms with E-state index in [1.54, 1.807) is 11.5 Å². The fourth-order valence-corrected chi connectivity index (χ4v) is 6.33. The number of nitrogens with zero attached hydrogens (tertiary/aromatic N) is 2. The lowest BCUT2D eigenvalue weighted by molar-refractivity contribution is -0.138. The van der Waals surface area contributed by atoms with Gasteiger partial charge in [0.1, 0.15) is 6.04 Å². The minimum atomic E-state index is -0.624. The first-order chi connectivity index (χ1) is 17.7. The van der Waals surface area contributed by atoms with Crippen molar-refractivity contribution < 1.29 is 9.53 Å². The highest BCUT2D eigenvalue weighted by Crippen LogP contribution is 2.36. The van der Waals surface area contributed by atoms with E-state index in [1.807, 2.05) is 84.4 Å². The van der Waals surface area contributed by atoms with Gasteiger partial charge in [0.25, 0.3) is 5.56 Å². The average molecular weight is 512 g/mol. The zero-order valence-corrected chi connectivity index (χ0v) is 20.9. The number of H-pyrrole nitrogens is 1. The van der Waals surface area contributed by atoms with Crippen LogP contribution in [0.15, 0.2) is 93.7 Å². The molecule has 0 bridgehead atoms. The Kier molecular flexibility index (Phi) is 5.75. The standard InChI is InChI=1S/C28H21N3O3S2/c1-2-34-27(33)23-24(17-9-4-3-5-10-17)30-28-31(25(23)21-13-8-14-35-21)26(32)22(36-28)15-18-16-29-20-12-7-6-11-19(18)20/h3-16,25,29H,2H2,1H3/b22-15-/t25-/m0/s1. The van der Waals surface area contributed by atoms with Crippen molar-refractivity contribution in [3.63, 3.8) is 0 Å². The number of fused-ring (bicyclic) bond motifs is 2. The third-order valence-electron chi connectivity index (χ3n) is 6.09. The van der Waals surface area contributed by atoms with Gasteiger partial charge in [-0.3, -0.25) is 9.36 Å². The summed E-state index contributed by atoms with van der Waals surface area (Å²) in [5, 5.41) is 2.98. The number of thiazole rings is 1. The van der Waals surface area contributed by atoms with Crippen LogP contribution in [0.2, 0.25) is 0 Å². The molecule has 0 fully saturated rings. The van der Waals surface area contributed by atoms with Crippen LogP contribution in [0.1, 0.15) is 29.0 Å². The summed E-state index contributed by atoms with van der Waals surface area (Å²) < 4.78 is 7.67. The van der Waals surface area contributed by atoms with Crippen molar-refractivity contribution in [2.24, 2.45) is 4.99 Å². The zero-order chi connectivity index (χ0) is 24.6. The lowest BCUT2D eigenvalue weighted by Gasteiger charge is -2.24. The molecule has 36 heavy (non-hydrogen) atoms. The Balaban J connectivity index is 1.64. The molecule has 5 aromatic rings. The van der Waals surface area contributed by atoms with Crippen molar-refractivity contribution >= 4 is 51.3 Å². The highest BCUT2D eigenvalue weighted by atomic mass is 32.1. The van der Waals surface area contributed by atoms with Crippen molar-refractivity contribution in [1.29, 1.82) is 0 Å². The molecule has 3 aromatic heterocycles. The van der Waals surface area contributed by atoms with Gasteiger partial charge in [-0.05, 0) is 30.5 Å². The van der Waals surface area contributed by atoms with Crippen molar-refractivity contribution in [3.8, 4) is 0 Å². The van der Waals surface area contributed by atoms with Crippen molar-refractivity contribution in [2.75, 3.05) is 6.61 Å². The Bertz CT molecular complexity index is 1790. The van der Waals surface area contributed by atoms with E-state index in [4.69, 9.17) is 9.73 Å². The molecular formula is C28H21N3O3S2. The summed E-state index contributed by atoms with van der Waals surface area (Å²) >= 11 is 2.83. The summed E-state index contributed by atoms with van der Waals surface area (Å²) in [6.45, 7) is 2.00. The number of hydrogen-bond acceptors (Lipinski definition) is 6. The second-order valence-electron chi connectivity index (χ2n) is 8.24. The number of thiophene rings is 1. The van der Waals surface area contributed by atoms with E-state index < -0.39 is 12.0 Å². The molecule has 0 unspecified atom stereocenters. The van der Waals surface area contributed by atoms with Crippen LogP contribution in [0, 0.1) is 0 Å². The summed E-state index contributed by atoms with van der Waals surface area (Å²) in [6.07, 6.45) is 3.80. The van der Waals surface area contributed by atoms with Crippen LogP contribution in [0.3, 0.4) is 0 Å². The van der Waals surface area contributed by atoms with Gasteiger partial charge in [0.2, 0.25) is 0 Å². The predicted molar refractivity (Wildman–Crippen MR) is 144 cm³/mol. The fraction of sp³-hybridized carbons (Fsp3) is 0.107. The Hall–Kier alpha value is -4.01. The number of carbonyl (C=O) groups is 1. The zero-order valence-electron chi connectivity index (χ0n) is 19.3. The highest BCUT2D eigenvalue weighted by molar-refractivity contribution is 7.10. The second-order valence-corrected chi connectivity index (χ2v) is 10.2. The number of ether oxygens (including phenoxy) is 1. The molecule has 8 heteroatoms. The third kappa shape index (κ3) is 3.75. The minimum absolute atomic E-state index is 0.184. The van der Waals surface area contributed by atoms with E-state index in [0.29, 0.717) is 20.6 Å². The number of para-hydroxylation sites is 1. The molecule has 0 amide bonds. The molecule has 0 saturated carbocycles. The van der Waals surface area contributed by atoms with E-state index in [-0.39, 0.29) is 12.2 Å². The molecule has 0 aliphatic carbocycles. The van der Waals surface area contributed by atoms with Crippen LogP contribution >= 0.6 is 22.7 Å².